The van der Waals surface area contributed by atoms with Crippen molar-refractivity contribution in [3.05, 3.63) is 11.4 Å². The Bertz CT molecular complexity index is 501. The second-order valence-electron chi connectivity index (χ2n) is 5.00. The minimum absolute atomic E-state index is 0. The zero-order valence-corrected chi connectivity index (χ0v) is 12.8. The SMILES string of the molecule is Cc1n[nH]c(C)c1S(=O)(=O)NC1CCC(N)CC1.Cl. The molecule has 1 aliphatic rings. The average Bonchev–Trinajstić information content (AvgIpc) is 2.62. The number of halogens is 1. The van der Waals surface area contributed by atoms with Crippen molar-refractivity contribution in [1.29, 1.82) is 0 Å². The van der Waals surface area contributed by atoms with Crippen LogP contribution in [0.2, 0.25) is 0 Å². The quantitative estimate of drug-likeness (QED) is 0.775. The van der Waals surface area contributed by atoms with Gasteiger partial charge in [-0.3, -0.25) is 5.10 Å². The standard InChI is InChI=1S/C11H20N4O2S.ClH/c1-7-11(8(2)14-13-7)18(16,17)15-10-5-3-9(12)4-6-10;/h9-10,15H,3-6,12H2,1-2H3,(H,13,14);1H. The van der Waals surface area contributed by atoms with Gasteiger partial charge in [-0.15, -0.1) is 12.4 Å². The van der Waals surface area contributed by atoms with E-state index in [0.29, 0.717) is 11.4 Å². The highest BCUT2D eigenvalue weighted by Crippen LogP contribution is 2.21. The highest BCUT2D eigenvalue weighted by molar-refractivity contribution is 7.89. The van der Waals surface area contributed by atoms with Gasteiger partial charge in [0.25, 0.3) is 0 Å². The van der Waals surface area contributed by atoms with Crippen LogP contribution in [0.3, 0.4) is 0 Å². The van der Waals surface area contributed by atoms with E-state index in [1.807, 2.05) is 0 Å². The molecule has 0 atom stereocenters. The van der Waals surface area contributed by atoms with Gasteiger partial charge >= 0.3 is 0 Å². The maximum atomic E-state index is 12.3. The first-order valence-electron chi connectivity index (χ1n) is 6.19. The topological polar surface area (TPSA) is 101 Å². The van der Waals surface area contributed by atoms with E-state index in [4.69, 9.17) is 5.73 Å². The van der Waals surface area contributed by atoms with Crippen LogP contribution in [-0.4, -0.2) is 30.7 Å². The molecule has 0 radical (unpaired) electrons. The Morgan fingerprint density at radius 1 is 1.26 bits per heavy atom. The molecular weight excluding hydrogens is 288 g/mol. The minimum atomic E-state index is -3.48. The van der Waals surface area contributed by atoms with E-state index in [9.17, 15) is 8.42 Å². The van der Waals surface area contributed by atoms with Gasteiger partial charge in [-0.25, -0.2) is 13.1 Å². The van der Waals surface area contributed by atoms with Crippen molar-refractivity contribution < 1.29 is 8.42 Å². The first kappa shape index (κ1) is 16.4. The first-order valence-corrected chi connectivity index (χ1v) is 7.68. The van der Waals surface area contributed by atoms with Crippen LogP contribution in [0.15, 0.2) is 4.90 Å². The van der Waals surface area contributed by atoms with Crippen molar-refractivity contribution in [3.8, 4) is 0 Å². The first-order chi connectivity index (χ1) is 8.40. The summed E-state index contributed by atoms with van der Waals surface area (Å²) in [7, 11) is -3.48. The third-order valence-electron chi connectivity index (χ3n) is 3.42. The second-order valence-corrected chi connectivity index (χ2v) is 6.65. The van der Waals surface area contributed by atoms with Crippen LogP contribution < -0.4 is 10.5 Å². The van der Waals surface area contributed by atoms with E-state index in [0.717, 1.165) is 25.7 Å². The van der Waals surface area contributed by atoms with Crippen LogP contribution in [0.1, 0.15) is 37.1 Å². The molecule has 0 aromatic carbocycles. The maximum Gasteiger partial charge on any atom is 0.244 e. The number of hydrogen-bond donors (Lipinski definition) is 3. The van der Waals surface area contributed by atoms with Crippen molar-refractivity contribution in [2.75, 3.05) is 0 Å². The fourth-order valence-electron chi connectivity index (χ4n) is 2.45. The van der Waals surface area contributed by atoms with Gasteiger partial charge in [0, 0.05) is 12.1 Å². The fourth-order valence-corrected chi connectivity index (χ4v) is 4.13. The Balaban J connectivity index is 0.00000180. The molecule has 0 amide bonds. The molecule has 1 fully saturated rings. The lowest BCUT2D eigenvalue weighted by molar-refractivity contribution is 0.373. The number of aromatic nitrogens is 2. The zero-order chi connectivity index (χ0) is 13.3. The fraction of sp³-hybridized carbons (Fsp3) is 0.727. The number of H-pyrrole nitrogens is 1. The van der Waals surface area contributed by atoms with Crippen molar-refractivity contribution >= 4 is 22.4 Å². The van der Waals surface area contributed by atoms with Crippen LogP contribution in [0.25, 0.3) is 0 Å². The van der Waals surface area contributed by atoms with Crippen LogP contribution in [0.4, 0.5) is 0 Å². The lowest BCUT2D eigenvalue weighted by Gasteiger charge is -2.26. The number of sulfonamides is 1. The maximum absolute atomic E-state index is 12.3. The van der Waals surface area contributed by atoms with E-state index in [1.54, 1.807) is 13.8 Å². The number of nitrogens with zero attached hydrogens (tertiary/aromatic N) is 1. The summed E-state index contributed by atoms with van der Waals surface area (Å²) in [5.41, 5.74) is 6.89. The van der Waals surface area contributed by atoms with Gasteiger partial charge < -0.3 is 5.73 Å². The van der Waals surface area contributed by atoms with E-state index in [2.05, 4.69) is 14.9 Å². The van der Waals surface area contributed by atoms with Crippen LogP contribution in [0, 0.1) is 13.8 Å². The zero-order valence-electron chi connectivity index (χ0n) is 11.1. The van der Waals surface area contributed by atoms with E-state index < -0.39 is 10.0 Å². The summed E-state index contributed by atoms with van der Waals surface area (Å²) in [6, 6.07) is 0.201. The number of rotatable bonds is 3. The number of nitrogens with one attached hydrogen (secondary N) is 2. The summed E-state index contributed by atoms with van der Waals surface area (Å²) in [6.07, 6.45) is 3.35. The Labute approximate surface area is 120 Å². The monoisotopic (exact) mass is 308 g/mol. The average molecular weight is 309 g/mol. The summed E-state index contributed by atoms with van der Waals surface area (Å²) in [5, 5.41) is 6.62. The second kappa shape index (κ2) is 6.21. The Morgan fingerprint density at radius 3 is 2.32 bits per heavy atom. The predicted molar refractivity (Wildman–Crippen MR) is 75.9 cm³/mol. The number of aromatic amines is 1. The molecule has 1 aliphatic carbocycles. The van der Waals surface area contributed by atoms with E-state index >= 15 is 0 Å². The molecule has 1 saturated carbocycles. The van der Waals surface area contributed by atoms with E-state index in [-0.39, 0.29) is 29.4 Å². The molecule has 0 spiro atoms. The van der Waals surface area contributed by atoms with Gasteiger partial charge in [0.15, 0.2) is 0 Å². The molecule has 1 aromatic rings. The Kier molecular flexibility index (Phi) is 5.37. The van der Waals surface area contributed by atoms with Gasteiger partial charge in [-0.1, -0.05) is 0 Å². The van der Waals surface area contributed by atoms with Gasteiger partial charge in [-0.2, -0.15) is 5.10 Å². The van der Waals surface area contributed by atoms with Crippen molar-refractivity contribution in [2.45, 2.75) is 56.5 Å². The van der Waals surface area contributed by atoms with Crippen LogP contribution >= 0.6 is 12.4 Å². The molecule has 0 unspecified atom stereocenters. The number of aryl methyl sites for hydroxylation is 2. The van der Waals surface area contributed by atoms with Crippen LogP contribution in [0.5, 0.6) is 0 Å². The molecular formula is C11H21ClN4O2S. The normalized spacial score (nSPS) is 23.9. The summed E-state index contributed by atoms with van der Waals surface area (Å²) >= 11 is 0. The van der Waals surface area contributed by atoms with Gasteiger partial charge in [-0.05, 0) is 39.5 Å². The summed E-state index contributed by atoms with van der Waals surface area (Å²) in [4.78, 5) is 0.275. The van der Waals surface area contributed by atoms with Crippen molar-refractivity contribution in [3.63, 3.8) is 0 Å². The molecule has 0 saturated heterocycles. The van der Waals surface area contributed by atoms with Gasteiger partial charge in [0.1, 0.15) is 4.90 Å². The highest BCUT2D eigenvalue weighted by Gasteiger charge is 2.27. The molecule has 110 valence electrons. The molecule has 2 rings (SSSR count). The molecule has 8 heteroatoms. The molecule has 1 aromatic heterocycles. The largest absolute Gasteiger partial charge is 0.328 e. The predicted octanol–water partition coefficient (Wildman–Crippen LogP) is 0.997. The van der Waals surface area contributed by atoms with Gasteiger partial charge in [0.05, 0.1) is 11.4 Å². The highest BCUT2D eigenvalue weighted by atomic mass is 35.5. The number of nitrogens with two attached hydrogens (primary N) is 1. The smallest absolute Gasteiger partial charge is 0.244 e. The van der Waals surface area contributed by atoms with Gasteiger partial charge in [0.2, 0.25) is 10.0 Å². The lowest BCUT2D eigenvalue weighted by Crippen LogP contribution is -2.40. The molecule has 0 aliphatic heterocycles. The Morgan fingerprint density at radius 2 is 1.84 bits per heavy atom. The third kappa shape index (κ3) is 3.68. The molecule has 6 nitrogen and oxygen atoms in total. The van der Waals surface area contributed by atoms with E-state index in [1.165, 1.54) is 0 Å². The molecule has 1 heterocycles. The summed E-state index contributed by atoms with van der Waals surface area (Å²) < 4.78 is 27.3. The van der Waals surface area contributed by atoms with Crippen LogP contribution in [-0.2, 0) is 10.0 Å². The summed E-state index contributed by atoms with van der Waals surface area (Å²) in [5.74, 6) is 0. The third-order valence-corrected chi connectivity index (χ3v) is 5.21. The van der Waals surface area contributed by atoms with Crippen molar-refractivity contribution in [1.82, 2.24) is 14.9 Å². The van der Waals surface area contributed by atoms with Crippen molar-refractivity contribution in [2.24, 2.45) is 5.73 Å². The summed E-state index contributed by atoms with van der Waals surface area (Å²) in [6.45, 7) is 3.40. The molecule has 0 bridgehead atoms. The Hall–Kier alpha value is -0.630. The lowest BCUT2D eigenvalue weighted by atomic mass is 9.93. The minimum Gasteiger partial charge on any atom is -0.328 e. The number of hydrogen-bond acceptors (Lipinski definition) is 4. The molecule has 19 heavy (non-hydrogen) atoms. The molecule has 4 N–H and O–H groups in total.